The molecule has 0 saturated carbocycles. The maximum Gasteiger partial charge on any atom is 0.151 e. The van der Waals surface area contributed by atoms with Gasteiger partial charge in [-0.05, 0) is 43.7 Å². The summed E-state index contributed by atoms with van der Waals surface area (Å²) in [6, 6.07) is 10.00. The van der Waals surface area contributed by atoms with E-state index in [-0.39, 0.29) is 0 Å². The van der Waals surface area contributed by atoms with Crippen molar-refractivity contribution < 1.29 is 4.74 Å². The first kappa shape index (κ1) is 15.8. The van der Waals surface area contributed by atoms with Crippen LogP contribution in [0.25, 0.3) is 0 Å². The van der Waals surface area contributed by atoms with Gasteiger partial charge in [0.2, 0.25) is 0 Å². The van der Waals surface area contributed by atoms with Gasteiger partial charge in [-0.15, -0.1) is 5.10 Å². The summed E-state index contributed by atoms with van der Waals surface area (Å²) < 4.78 is 6.89. The number of hydrogen-bond donors (Lipinski definition) is 0. The minimum Gasteiger partial charge on any atom is -0.493 e. The molecule has 0 aliphatic carbocycles. The van der Waals surface area contributed by atoms with Crippen molar-refractivity contribution in [1.29, 1.82) is 0 Å². The van der Waals surface area contributed by atoms with Gasteiger partial charge < -0.3 is 9.64 Å². The van der Waals surface area contributed by atoms with Gasteiger partial charge in [0.25, 0.3) is 0 Å². The van der Waals surface area contributed by atoms with E-state index < -0.39 is 0 Å². The third-order valence-corrected chi connectivity index (χ3v) is 3.60. The molecule has 0 atom stereocenters. The van der Waals surface area contributed by atoms with Gasteiger partial charge >= 0.3 is 0 Å². The van der Waals surface area contributed by atoms with Crippen molar-refractivity contribution in [3.8, 4) is 5.75 Å². The summed E-state index contributed by atoms with van der Waals surface area (Å²) in [5.41, 5.74) is 1.14. The second-order valence-electron chi connectivity index (χ2n) is 4.70. The third-order valence-electron chi connectivity index (χ3n) is 3.11. The average Bonchev–Trinajstić information content (AvgIpc) is 2.52. The van der Waals surface area contributed by atoms with Crippen LogP contribution in [0.3, 0.4) is 0 Å². The Morgan fingerprint density at radius 3 is 2.76 bits per heavy atom. The summed E-state index contributed by atoms with van der Waals surface area (Å²) in [5.74, 6) is 1.81. The Morgan fingerprint density at radius 2 is 2.10 bits per heavy atom. The van der Waals surface area contributed by atoms with E-state index in [9.17, 15) is 0 Å². The fourth-order valence-electron chi connectivity index (χ4n) is 2.05. The first-order valence-electron chi connectivity index (χ1n) is 7.18. The highest BCUT2D eigenvalue weighted by molar-refractivity contribution is 9.10. The predicted molar refractivity (Wildman–Crippen MR) is 88.7 cm³/mol. The van der Waals surface area contributed by atoms with E-state index in [1.807, 2.05) is 24.3 Å². The lowest BCUT2D eigenvalue weighted by atomic mass is 10.2. The number of ether oxygens (including phenoxy) is 1. The lowest BCUT2D eigenvalue weighted by Gasteiger charge is -2.23. The number of anilines is 1. The first-order valence-corrected chi connectivity index (χ1v) is 7.97. The van der Waals surface area contributed by atoms with Crippen molar-refractivity contribution in [1.82, 2.24) is 10.2 Å². The molecule has 0 aliphatic heterocycles. The lowest BCUT2D eigenvalue weighted by molar-refractivity contribution is 0.314. The number of hydrogen-bond acceptors (Lipinski definition) is 4. The highest BCUT2D eigenvalue weighted by Crippen LogP contribution is 2.26. The van der Waals surface area contributed by atoms with Crippen LogP contribution in [-0.2, 0) is 6.54 Å². The smallest absolute Gasteiger partial charge is 0.151 e. The molecule has 1 heterocycles. The maximum atomic E-state index is 5.84. The molecule has 5 heteroatoms. The van der Waals surface area contributed by atoms with Crippen LogP contribution in [0.1, 0.15) is 25.8 Å². The molecule has 0 fully saturated rings. The molecule has 0 saturated heterocycles. The summed E-state index contributed by atoms with van der Waals surface area (Å²) in [4.78, 5) is 2.17. The molecule has 2 aromatic rings. The summed E-state index contributed by atoms with van der Waals surface area (Å²) in [7, 11) is 0. The summed E-state index contributed by atoms with van der Waals surface area (Å²) in [6.07, 6.45) is 2.68. The molecule has 112 valence electrons. The van der Waals surface area contributed by atoms with Crippen molar-refractivity contribution in [3.05, 3.63) is 46.6 Å². The zero-order valence-corrected chi connectivity index (χ0v) is 14.0. The molecule has 2 rings (SSSR count). The molecule has 1 aromatic heterocycles. The predicted octanol–water partition coefficient (Wildman–Crippen LogP) is 4.05. The van der Waals surface area contributed by atoms with E-state index >= 15 is 0 Å². The van der Waals surface area contributed by atoms with Gasteiger partial charge in [0, 0.05) is 29.3 Å². The number of nitrogens with zero attached hydrogens (tertiary/aromatic N) is 3. The fourth-order valence-corrected chi connectivity index (χ4v) is 2.46. The van der Waals surface area contributed by atoms with E-state index in [2.05, 4.69) is 50.9 Å². The second kappa shape index (κ2) is 7.98. The second-order valence-corrected chi connectivity index (χ2v) is 5.61. The molecule has 0 amide bonds. The molecule has 0 spiro atoms. The SMILES string of the molecule is CCCOc1ccc(Br)cc1CN(CC)c1cccnn1. The molecular weight excluding hydrogens is 330 g/mol. The van der Waals surface area contributed by atoms with Crippen LogP contribution in [0, 0.1) is 0 Å². The van der Waals surface area contributed by atoms with Gasteiger partial charge in [-0.3, -0.25) is 0 Å². The Morgan fingerprint density at radius 1 is 1.24 bits per heavy atom. The highest BCUT2D eigenvalue weighted by Gasteiger charge is 2.11. The summed E-state index contributed by atoms with van der Waals surface area (Å²) >= 11 is 3.53. The standard InChI is InChI=1S/C16H20BrN3O/c1-3-10-21-15-8-7-14(17)11-13(15)12-20(4-2)16-6-5-9-18-19-16/h5-9,11H,3-4,10,12H2,1-2H3. The van der Waals surface area contributed by atoms with Crippen LogP contribution < -0.4 is 9.64 Å². The Bertz CT molecular complexity index is 563. The Balaban J connectivity index is 2.22. The van der Waals surface area contributed by atoms with Gasteiger partial charge in [0.05, 0.1) is 6.61 Å². The Kier molecular flexibility index (Phi) is 5.99. The van der Waals surface area contributed by atoms with Gasteiger partial charge in [-0.25, -0.2) is 0 Å². The Labute approximate surface area is 134 Å². The van der Waals surface area contributed by atoms with E-state index in [1.54, 1.807) is 6.20 Å². The summed E-state index contributed by atoms with van der Waals surface area (Å²) in [5, 5.41) is 8.14. The van der Waals surface area contributed by atoms with Crippen molar-refractivity contribution in [2.75, 3.05) is 18.1 Å². The molecule has 1 aromatic carbocycles. The van der Waals surface area contributed by atoms with Gasteiger partial charge in [-0.2, -0.15) is 5.10 Å². The zero-order chi connectivity index (χ0) is 15.1. The van der Waals surface area contributed by atoms with Crippen LogP contribution in [0.5, 0.6) is 5.75 Å². The van der Waals surface area contributed by atoms with E-state index in [1.165, 1.54) is 0 Å². The van der Waals surface area contributed by atoms with Crippen molar-refractivity contribution >= 4 is 21.7 Å². The molecule has 0 N–H and O–H groups in total. The normalized spacial score (nSPS) is 10.4. The highest BCUT2D eigenvalue weighted by atomic mass is 79.9. The summed E-state index contributed by atoms with van der Waals surface area (Å²) in [6.45, 7) is 6.55. The molecule has 0 bridgehead atoms. The monoisotopic (exact) mass is 349 g/mol. The van der Waals surface area contributed by atoms with Crippen molar-refractivity contribution in [2.45, 2.75) is 26.8 Å². The fraction of sp³-hybridized carbons (Fsp3) is 0.375. The quantitative estimate of drug-likeness (QED) is 0.755. The minimum absolute atomic E-state index is 0.728. The van der Waals surface area contributed by atoms with Gasteiger partial charge in [0.15, 0.2) is 5.82 Å². The zero-order valence-electron chi connectivity index (χ0n) is 12.4. The molecule has 0 aliphatic rings. The third kappa shape index (κ3) is 4.43. The number of benzene rings is 1. The first-order chi connectivity index (χ1) is 10.2. The van der Waals surface area contributed by atoms with Crippen LogP contribution in [0.2, 0.25) is 0 Å². The average molecular weight is 350 g/mol. The van der Waals surface area contributed by atoms with Gasteiger partial charge in [-0.1, -0.05) is 22.9 Å². The molecular formula is C16H20BrN3O. The lowest BCUT2D eigenvalue weighted by Crippen LogP contribution is -2.23. The number of rotatable bonds is 7. The minimum atomic E-state index is 0.728. The Hall–Kier alpha value is -1.62. The molecule has 21 heavy (non-hydrogen) atoms. The van der Waals surface area contributed by atoms with Gasteiger partial charge in [0.1, 0.15) is 5.75 Å². The van der Waals surface area contributed by atoms with Crippen LogP contribution in [-0.4, -0.2) is 23.3 Å². The van der Waals surface area contributed by atoms with Crippen LogP contribution in [0.4, 0.5) is 5.82 Å². The topological polar surface area (TPSA) is 38.2 Å². The largest absolute Gasteiger partial charge is 0.493 e. The number of halogens is 1. The van der Waals surface area contributed by atoms with E-state index in [4.69, 9.17) is 4.74 Å². The van der Waals surface area contributed by atoms with Crippen molar-refractivity contribution in [2.24, 2.45) is 0 Å². The molecule has 4 nitrogen and oxygen atoms in total. The number of aromatic nitrogens is 2. The maximum absolute atomic E-state index is 5.84. The molecule has 0 unspecified atom stereocenters. The van der Waals surface area contributed by atoms with Crippen molar-refractivity contribution in [3.63, 3.8) is 0 Å². The van der Waals surface area contributed by atoms with E-state index in [0.29, 0.717) is 0 Å². The molecule has 0 radical (unpaired) electrons. The van der Waals surface area contributed by atoms with Crippen LogP contribution in [0.15, 0.2) is 41.0 Å². The van der Waals surface area contributed by atoms with Crippen LogP contribution >= 0.6 is 15.9 Å². The van der Waals surface area contributed by atoms with E-state index in [0.717, 1.165) is 47.7 Å².